The molecule has 0 rings (SSSR count). The molecular formula is C26H50O4. The van der Waals surface area contributed by atoms with Gasteiger partial charge in [0.15, 0.2) is 0 Å². The first-order chi connectivity index (χ1) is 14.6. The molecule has 0 fully saturated rings. The average Bonchev–Trinajstić information content (AvgIpc) is 2.74. The number of esters is 2. The van der Waals surface area contributed by atoms with E-state index in [1.807, 2.05) is 0 Å². The van der Waals surface area contributed by atoms with Crippen LogP contribution in [-0.2, 0) is 19.1 Å². The molecule has 4 heteroatoms. The maximum absolute atomic E-state index is 11.6. The van der Waals surface area contributed by atoms with Crippen molar-refractivity contribution >= 4 is 11.9 Å². The molecule has 1 atom stereocenters. The number of hydrogen-bond acceptors (Lipinski definition) is 4. The highest BCUT2D eigenvalue weighted by Crippen LogP contribution is 2.20. The van der Waals surface area contributed by atoms with Crippen LogP contribution in [0.1, 0.15) is 136 Å². The smallest absolute Gasteiger partial charge is 0.305 e. The van der Waals surface area contributed by atoms with Gasteiger partial charge in [-0.2, -0.15) is 0 Å². The monoisotopic (exact) mass is 426 g/mol. The van der Waals surface area contributed by atoms with Gasteiger partial charge in [-0.3, -0.25) is 9.59 Å². The summed E-state index contributed by atoms with van der Waals surface area (Å²) in [4.78, 5) is 23.1. The molecule has 0 amide bonds. The first kappa shape index (κ1) is 28.9. The van der Waals surface area contributed by atoms with E-state index in [9.17, 15) is 9.59 Å². The fourth-order valence-electron chi connectivity index (χ4n) is 3.71. The minimum atomic E-state index is -0.0273. The molecule has 0 spiro atoms. The molecule has 178 valence electrons. The minimum Gasteiger partial charge on any atom is -0.466 e. The molecule has 1 unspecified atom stereocenters. The number of rotatable bonds is 22. The molecule has 4 nitrogen and oxygen atoms in total. The molecule has 0 aliphatic carbocycles. The first-order valence-electron chi connectivity index (χ1n) is 12.9. The van der Waals surface area contributed by atoms with Crippen molar-refractivity contribution in [1.82, 2.24) is 0 Å². The Labute approximate surface area is 186 Å². The second kappa shape index (κ2) is 22.6. The fourth-order valence-corrected chi connectivity index (χ4v) is 3.71. The Morgan fingerprint density at radius 2 is 1.00 bits per heavy atom. The predicted octanol–water partition coefficient (Wildman–Crippen LogP) is 7.77. The number of carbonyl (C=O) groups is 2. The average molecular weight is 427 g/mol. The van der Waals surface area contributed by atoms with Gasteiger partial charge in [-0.05, 0) is 38.0 Å². The lowest BCUT2D eigenvalue weighted by molar-refractivity contribution is -0.144. The zero-order valence-corrected chi connectivity index (χ0v) is 20.4. The van der Waals surface area contributed by atoms with Gasteiger partial charge in [-0.25, -0.2) is 0 Å². The summed E-state index contributed by atoms with van der Waals surface area (Å²) in [6, 6.07) is 0. The third kappa shape index (κ3) is 20.2. The summed E-state index contributed by atoms with van der Waals surface area (Å²) in [7, 11) is 0. The van der Waals surface area contributed by atoms with Crippen LogP contribution >= 0.6 is 0 Å². The third-order valence-corrected chi connectivity index (χ3v) is 5.84. The highest BCUT2D eigenvalue weighted by molar-refractivity contribution is 5.69. The summed E-state index contributed by atoms with van der Waals surface area (Å²) in [5.41, 5.74) is 0. The lowest BCUT2D eigenvalue weighted by Crippen LogP contribution is -2.06. The topological polar surface area (TPSA) is 52.6 Å². The van der Waals surface area contributed by atoms with Crippen LogP contribution in [0.4, 0.5) is 0 Å². The number of carbonyl (C=O) groups excluding carboxylic acids is 2. The molecule has 0 aromatic rings. The van der Waals surface area contributed by atoms with Gasteiger partial charge < -0.3 is 9.47 Å². The second-order valence-corrected chi connectivity index (χ2v) is 8.68. The lowest BCUT2D eigenvalue weighted by atomic mass is 9.93. The Hall–Kier alpha value is -1.06. The van der Waals surface area contributed by atoms with Gasteiger partial charge in [0.05, 0.1) is 13.2 Å². The highest BCUT2D eigenvalue weighted by atomic mass is 16.5. The van der Waals surface area contributed by atoms with Crippen LogP contribution in [0.5, 0.6) is 0 Å². The van der Waals surface area contributed by atoms with Crippen molar-refractivity contribution in [3.05, 3.63) is 0 Å². The van der Waals surface area contributed by atoms with Crippen LogP contribution in [0, 0.1) is 5.92 Å². The van der Waals surface area contributed by atoms with Crippen LogP contribution in [-0.4, -0.2) is 25.2 Å². The van der Waals surface area contributed by atoms with Gasteiger partial charge in [-0.15, -0.1) is 0 Å². The van der Waals surface area contributed by atoms with Crippen molar-refractivity contribution in [2.75, 3.05) is 13.2 Å². The van der Waals surface area contributed by atoms with E-state index in [4.69, 9.17) is 9.47 Å². The Morgan fingerprint density at radius 1 is 0.567 bits per heavy atom. The van der Waals surface area contributed by atoms with Gasteiger partial charge >= 0.3 is 11.9 Å². The molecular weight excluding hydrogens is 376 g/mol. The van der Waals surface area contributed by atoms with E-state index in [0.29, 0.717) is 26.1 Å². The summed E-state index contributed by atoms with van der Waals surface area (Å²) < 4.78 is 10.6. The number of ether oxygens (including phenoxy) is 2. The summed E-state index contributed by atoms with van der Waals surface area (Å²) >= 11 is 0. The molecule has 0 saturated heterocycles. The third-order valence-electron chi connectivity index (χ3n) is 5.84. The van der Waals surface area contributed by atoms with Crippen LogP contribution in [0.15, 0.2) is 0 Å². The van der Waals surface area contributed by atoms with E-state index < -0.39 is 0 Å². The van der Waals surface area contributed by atoms with Gasteiger partial charge in [0.2, 0.25) is 0 Å². The van der Waals surface area contributed by atoms with E-state index in [0.717, 1.165) is 70.1 Å². The summed E-state index contributed by atoms with van der Waals surface area (Å²) in [5, 5.41) is 0. The van der Waals surface area contributed by atoms with E-state index in [1.165, 1.54) is 38.5 Å². The Kier molecular flexibility index (Phi) is 21.8. The van der Waals surface area contributed by atoms with Crippen molar-refractivity contribution in [2.45, 2.75) is 136 Å². The van der Waals surface area contributed by atoms with E-state index in [1.54, 1.807) is 0 Å². The van der Waals surface area contributed by atoms with Crippen molar-refractivity contribution in [3.8, 4) is 0 Å². The minimum absolute atomic E-state index is 0.0262. The molecule has 0 radical (unpaired) electrons. The van der Waals surface area contributed by atoms with Crippen molar-refractivity contribution in [1.29, 1.82) is 0 Å². The number of unbranched alkanes of at least 4 members (excludes halogenated alkanes) is 9. The molecule has 0 aromatic heterocycles. The van der Waals surface area contributed by atoms with Crippen molar-refractivity contribution < 1.29 is 19.1 Å². The summed E-state index contributed by atoms with van der Waals surface area (Å²) in [6.45, 7) is 7.75. The van der Waals surface area contributed by atoms with Crippen molar-refractivity contribution in [2.24, 2.45) is 5.92 Å². The maximum Gasteiger partial charge on any atom is 0.305 e. The Balaban J connectivity index is 3.47. The van der Waals surface area contributed by atoms with E-state index in [-0.39, 0.29) is 11.9 Å². The molecule has 0 aliphatic heterocycles. The van der Waals surface area contributed by atoms with Gasteiger partial charge in [0.25, 0.3) is 0 Å². The van der Waals surface area contributed by atoms with Crippen LogP contribution in [0.2, 0.25) is 0 Å². The quantitative estimate of drug-likeness (QED) is 0.131. The van der Waals surface area contributed by atoms with Gasteiger partial charge in [0.1, 0.15) is 0 Å². The molecule has 0 saturated carbocycles. The van der Waals surface area contributed by atoms with Crippen molar-refractivity contribution in [3.63, 3.8) is 0 Å². The lowest BCUT2D eigenvalue weighted by Gasteiger charge is -2.14. The Morgan fingerprint density at radius 3 is 1.50 bits per heavy atom. The van der Waals surface area contributed by atoms with E-state index >= 15 is 0 Å². The molecule has 0 heterocycles. The molecule has 0 bridgehead atoms. The SMILES string of the molecule is CCCCCC(=O)OCCCCCCCC(CC)CCCCOC(=O)CCCCC. The Bertz CT molecular complexity index is 394. The highest BCUT2D eigenvalue weighted by Gasteiger charge is 2.07. The molecule has 0 aliphatic rings. The van der Waals surface area contributed by atoms with Crippen LogP contribution in [0.25, 0.3) is 0 Å². The van der Waals surface area contributed by atoms with Crippen LogP contribution in [0.3, 0.4) is 0 Å². The fraction of sp³-hybridized carbons (Fsp3) is 0.923. The normalized spacial score (nSPS) is 12.0. The van der Waals surface area contributed by atoms with Crippen LogP contribution < -0.4 is 0 Å². The first-order valence-corrected chi connectivity index (χ1v) is 12.9. The van der Waals surface area contributed by atoms with Gasteiger partial charge in [0, 0.05) is 12.8 Å². The zero-order valence-electron chi connectivity index (χ0n) is 20.4. The standard InChI is InChI=1S/C26H50O4/c1-4-7-12-20-25(27)29-22-16-11-9-10-14-18-24(6-3)19-15-17-23-30-26(28)21-13-8-5-2/h24H,4-23H2,1-3H3. The largest absolute Gasteiger partial charge is 0.466 e. The molecule has 0 aromatic carbocycles. The second-order valence-electron chi connectivity index (χ2n) is 8.68. The summed E-state index contributed by atoms with van der Waals surface area (Å²) in [6.07, 6.45) is 19.5. The zero-order chi connectivity index (χ0) is 22.3. The predicted molar refractivity (Wildman–Crippen MR) is 126 cm³/mol. The molecule has 30 heavy (non-hydrogen) atoms. The molecule has 0 N–H and O–H groups in total. The number of hydrogen-bond donors (Lipinski definition) is 0. The van der Waals surface area contributed by atoms with E-state index in [2.05, 4.69) is 20.8 Å². The van der Waals surface area contributed by atoms with Gasteiger partial charge in [-0.1, -0.05) is 91.4 Å². The maximum atomic E-state index is 11.6. The summed E-state index contributed by atoms with van der Waals surface area (Å²) in [5.74, 6) is 0.747.